The average Bonchev–Trinajstić information content (AvgIpc) is 3.46. The van der Waals surface area contributed by atoms with Crippen LogP contribution in [0.25, 0.3) is 0 Å². The fourth-order valence-electron chi connectivity index (χ4n) is 3.51. The normalized spacial score (nSPS) is 15.7. The zero-order chi connectivity index (χ0) is 21.8. The molecule has 162 valence electrons. The molecule has 5 nitrogen and oxygen atoms in total. The Labute approximate surface area is 176 Å². The van der Waals surface area contributed by atoms with E-state index >= 15 is 0 Å². The molecular formula is C22H27F2N3O2S. The molecule has 2 aromatic rings. The zero-order valence-electron chi connectivity index (χ0n) is 17.2. The summed E-state index contributed by atoms with van der Waals surface area (Å²) in [4.78, 5) is 4.50. The van der Waals surface area contributed by atoms with E-state index in [1.165, 1.54) is 24.3 Å². The summed E-state index contributed by atoms with van der Waals surface area (Å²) in [5.74, 6) is -0.288. The topological polar surface area (TPSA) is 70.6 Å². The smallest absolute Gasteiger partial charge is 0.191 e. The van der Waals surface area contributed by atoms with E-state index < -0.39 is 15.7 Å². The van der Waals surface area contributed by atoms with Gasteiger partial charge in [0.15, 0.2) is 15.8 Å². The maximum Gasteiger partial charge on any atom is 0.191 e. The molecule has 8 heteroatoms. The molecule has 0 spiro atoms. The van der Waals surface area contributed by atoms with Crippen LogP contribution in [0, 0.1) is 11.6 Å². The molecule has 0 amide bonds. The number of hydrogen-bond donors (Lipinski definition) is 2. The lowest BCUT2D eigenvalue weighted by Gasteiger charge is -2.19. The van der Waals surface area contributed by atoms with Gasteiger partial charge in [-0.05, 0) is 54.7 Å². The van der Waals surface area contributed by atoms with E-state index in [2.05, 4.69) is 15.6 Å². The molecule has 30 heavy (non-hydrogen) atoms. The molecule has 0 aromatic heterocycles. The first-order valence-electron chi connectivity index (χ1n) is 9.95. The molecular weight excluding hydrogens is 408 g/mol. The van der Waals surface area contributed by atoms with Crippen molar-refractivity contribution in [3.63, 3.8) is 0 Å². The summed E-state index contributed by atoms with van der Waals surface area (Å²) in [5.41, 5.74) is 1.51. The minimum absolute atomic E-state index is 0.130. The van der Waals surface area contributed by atoms with Gasteiger partial charge in [0.1, 0.15) is 11.6 Å². The first-order valence-corrected chi connectivity index (χ1v) is 12.0. The van der Waals surface area contributed by atoms with Crippen molar-refractivity contribution in [2.24, 2.45) is 4.99 Å². The summed E-state index contributed by atoms with van der Waals surface area (Å²) in [7, 11) is -3.26. The van der Waals surface area contributed by atoms with Crippen LogP contribution in [-0.2, 0) is 27.5 Å². The van der Waals surface area contributed by atoms with Crippen LogP contribution in [-0.4, -0.2) is 33.7 Å². The van der Waals surface area contributed by atoms with E-state index in [-0.39, 0.29) is 23.5 Å². The van der Waals surface area contributed by atoms with Gasteiger partial charge in [0.05, 0.1) is 12.3 Å². The third kappa shape index (κ3) is 5.78. The molecule has 1 fully saturated rings. The summed E-state index contributed by atoms with van der Waals surface area (Å²) in [6.07, 6.45) is 2.93. The van der Waals surface area contributed by atoms with Crippen LogP contribution < -0.4 is 10.6 Å². The number of nitrogens with one attached hydrogen (secondary N) is 2. The molecule has 1 aliphatic rings. The molecule has 0 bridgehead atoms. The molecule has 0 saturated heterocycles. The fraction of sp³-hybridized carbons (Fsp3) is 0.409. The lowest BCUT2D eigenvalue weighted by atomic mass is 9.95. The predicted molar refractivity (Wildman–Crippen MR) is 115 cm³/mol. The number of halogens is 2. The molecule has 0 atom stereocenters. The second-order valence-electron chi connectivity index (χ2n) is 7.79. The Morgan fingerprint density at radius 3 is 2.47 bits per heavy atom. The highest BCUT2D eigenvalue weighted by Crippen LogP contribution is 2.48. The van der Waals surface area contributed by atoms with Crippen molar-refractivity contribution >= 4 is 15.8 Å². The molecule has 0 heterocycles. The van der Waals surface area contributed by atoms with Crippen molar-refractivity contribution in [2.45, 2.75) is 37.5 Å². The highest BCUT2D eigenvalue weighted by molar-refractivity contribution is 7.89. The fourth-order valence-corrected chi connectivity index (χ4v) is 4.35. The monoisotopic (exact) mass is 435 g/mol. The number of hydrogen-bond acceptors (Lipinski definition) is 3. The minimum atomic E-state index is -3.26. The SMILES string of the molecule is CCNC(=NCc1cc(F)ccc1CS(C)(=O)=O)NCC1(c2ccccc2F)CC1. The summed E-state index contributed by atoms with van der Waals surface area (Å²) in [6.45, 7) is 3.21. The van der Waals surface area contributed by atoms with Crippen molar-refractivity contribution in [3.05, 3.63) is 70.8 Å². The Kier molecular flexibility index (Phi) is 6.75. The van der Waals surface area contributed by atoms with Gasteiger partial charge >= 0.3 is 0 Å². The first kappa shape index (κ1) is 22.2. The van der Waals surface area contributed by atoms with E-state index in [0.717, 1.165) is 19.1 Å². The largest absolute Gasteiger partial charge is 0.357 e. The predicted octanol–water partition coefficient (Wildman–Crippen LogP) is 3.30. The van der Waals surface area contributed by atoms with Crippen LogP contribution in [0.3, 0.4) is 0 Å². The lowest BCUT2D eigenvalue weighted by molar-refractivity contribution is 0.559. The van der Waals surface area contributed by atoms with Crippen LogP contribution >= 0.6 is 0 Å². The van der Waals surface area contributed by atoms with Crippen LogP contribution in [0.5, 0.6) is 0 Å². The molecule has 2 N–H and O–H groups in total. The molecule has 0 unspecified atom stereocenters. The maximum absolute atomic E-state index is 14.2. The van der Waals surface area contributed by atoms with E-state index in [0.29, 0.717) is 35.7 Å². The van der Waals surface area contributed by atoms with Crippen molar-refractivity contribution in [1.29, 1.82) is 0 Å². The quantitative estimate of drug-likeness (QED) is 0.493. The van der Waals surface area contributed by atoms with E-state index in [1.807, 2.05) is 19.1 Å². The Morgan fingerprint density at radius 1 is 1.10 bits per heavy atom. The zero-order valence-corrected chi connectivity index (χ0v) is 18.0. The number of nitrogens with zero attached hydrogens (tertiary/aromatic N) is 1. The van der Waals surface area contributed by atoms with Gasteiger partial charge in [-0.2, -0.15) is 0 Å². The Hall–Kier alpha value is -2.48. The second kappa shape index (κ2) is 9.12. The molecule has 1 saturated carbocycles. The second-order valence-corrected chi connectivity index (χ2v) is 9.93. The first-order chi connectivity index (χ1) is 14.2. The third-order valence-electron chi connectivity index (χ3n) is 5.23. The average molecular weight is 436 g/mol. The van der Waals surface area contributed by atoms with E-state index in [4.69, 9.17) is 0 Å². The van der Waals surface area contributed by atoms with Gasteiger partial charge in [-0.25, -0.2) is 22.2 Å². The number of aliphatic imine (C=N–C) groups is 1. The van der Waals surface area contributed by atoms with Crippen LogP contribution in [0.2, 0.25) is 0 Å². The summed E-state index contributed by atoms with van der Waals surface area (Å²) < 4.78 is 51.3. The van der Waals surface area contributed by atoms with Gasteiger partial charge in [0.25, 0.3) is 0 Å². The van der Waals surface area contributed by atoms with Gasteiger partial charge in [-0.1, -0.05) is 24.3 Å². The molecule has 0 radical (unpaired) electrons. The Bertz CT molecular complexity index is 1030. The standard InChI is InChI=1S/C22H27F2N3O2S/c1-3-25-21(27-15-22(10-11-22)19-6-4-5-7-20(19)24)26-13-17-12-18(23)9-8-16(17)14-30(2,28)29/h4-9,12H,3,10-11,13-15H2,1-2H3,(H2,25,26,27). The van der Waals surface area contributed by atoms with Gasteiger partial charge in [0, 0.05) is 24.8 Å². The Morgan fingerprint density at radius 2 is 1.83 bits per heavy atom. The van der Waals surface area contributed by atoms with E-state index in [1.54, 1.807) is 6.07 Å². The van der Waals surface area contributed by atoms with Crippen LogP contribution in [0.4, 0.5) is 8.78 Å². The summed E-state index contributed by atoms with van der Waals surface area (Å²) in [5, 5.41) is 6.40. The third-order valence-corrected chi connectivity index (χ3v) is 6.07. The molecule has 0 aliphatic heterocycles. The maximum atomic E-state index is 14.2. The number of guanidine groups is 1. The molecule has 1 aliphatic carbocycles. The minimum Gasteiger partial charge on any atom is -0.357 e. The number of rotatable bonds is 8. The molecule has 3 rings (SSSR count). The van der Waals surface area contributed by atoms with Gasteiger partial charge in [0.2, 0.25) is 0 Å². The van der Waals surface area contributed by atoms with Gasteiger partial charge in [-0.3, -0.25) is 0 Å². The lowest BCUT2D eigenvalue weighted by Crippen LogP contribution is -2.41. The van der Waals surface area contributed by atoms with Gasteiger partial charge < -0.3 is 10.6 Å². The number of sulfone groups is 1. The highest BCUT2D eigenvalue weighted by Gasteiger charge is 2.45. The van der Waals surface area contributed by atoms with Crippen molar-refractivity contribution in [1.82, 2.24) is 10.6 Å². The highest BCUT2D eigenvalue weighted by atomic mass is 32.2. The van der Waals surface area contributed by atoms with Crippen molar-refractivity contribution in [3.8, 4) is 0 Å². The summed E-state index contributed by atoms with van der Waals surface area (Å²) >= 11 is 0. The van der Waals surface area contributed by atoms with Crippen LogP contribution in [0.1, 0.15) is 36.5 Å². The van der Waals surface area contributed by atoms with Gasteiger partial charge in [-0.15, -0.1) is 0 Å². The van der Waals surface area contributed by atoms with Crippen molar-refractivity contribution in [2.75, 3.05) is 19.3 Å². The summed E-state index contributed by atoms with van der Waals surface area (Å²) in [6, 6.07) is 10.9. The molecule has 2 aromatic carbocycles. The Balaban J connectivity index is 1.74. The van der Waals surface area contributed by atoms with E-state index in [9.17, 15) is 17.2 Å². The van der Waals surface area contributed by atoms with Crippen molar-refractivity contribution < 1.29 is 17.2 Å². The van der Waals surface area contributed by atoms with Crippen LogP contribution in [0.15, 0.2) is 47.5 Å². The number of benzene rings is 2.